The maximum atomic E-state index is 12.4. The Labute approximate surface area is 135 Å². The molecule has 2 aromatic carbocycles. The largest absolute Gasteiger partial charge is 0.352 e. The number of amides is 1. The second-order valence-electron chi connectivity index (χ2n) is 6.63. The first-order valence-corrected chi connectivity index (χ1v) is 9.84. The van der Waals surface area contributed by atoms with Crippen molar-refractivity contribution >= 4 is 26.5 Å². The van der Waals surface area contributed by atoms with E-state index in [1.54, 1.807) is 0 Å². The average Bonchev–Trinajstić information content (AvgIpc) is 3.26. The Balaban J connectivity index is 1.48. The van der Waals surface area contributed by atoms with E-state index in [0.717, 1.165) is 6.42 Å². The van der Waals surface area contributed by atoms with Gasteiger partial charge in [0.25, 0.3) is 0 Å². The number of hydrogen-bond donors (Lipinski definition) is 1. The molecular formula is C18H19NO3S. The van der Waals surface area contributed by atoms with E-state index < -0.39 is 9.84 Å². The smallest absolute Gasteiger partial charge is 0.223 e. The van der Waals surface area contributed by atoms with Gasteiger partial charge in [0.05, 0.1) is 11.5 Å². The Morgan fingerprint density at radius 2 is 1.87 bits per heavy atom. The summed E-state index contributed by atoms with van der Waals surface area (Å²) < 4.78 is 23.0. The fraction of sp³-hybridized carbons (Fsp3) is 0.389. The Bertz CT molecular complexity index is 869. The number of fused-ring (bicyclic) bond motifs is 1. The van der Waals surface area contributed by atoms with Crippen molar-refractivity contribution in [2.24, 2.45) is 5.92 Å². The molecule has 3 unspecified atom stereocenters. The van der Waals surface area contributed by atoms with Crippen LogP contribution in [0, 0.1) is 5.92 Å². The molecule has 5 heteroatoms. The zero-order valence-electron chi connectivity index (χ0n) is 12.7. The van der Waals surface area contributed by atoms with Crippen LogP contribution in [0.5, 0.6) is 0 Å². The zero-order chi connectivity index (χ0) is 16.0. The monoisotopic (exact) mass is 329 g/mol. The number of rotatable bonds is 3. The van der Waals surface area contributed by atoms with Crippen molar-refractivity contribution in [1.82, 2.24) is 5.32 Å². The molecular weight excluding hydrogens is 310 g/mol. The van der Waals surface area contributed by atoms with E-state index in [-0.39, 0.29) is 35.3 Å². The van der Waals surface area contributed by atoms with Crippen molar-refractivity contribution in [2.75, 3.05) is 11.5 Å². The number of carbonyl (C=O) groups excluding carboxylic acids is 1. The topological polar surface area (TPSA) is 63.2 Å². The van der Waals surface area contributed by atoms with Crippen LogP contribution < -0.4 is 5.32 Å². The van der Waals surface area contributed by atoms with Crippen LogP contribution in [0.3, 0.4) is 0 Å². The molecule has 1 aliphatic heterocycles. The van der Waals surface area contributed by atoms with Gasteiger partial charge in [0.2, 0.25) is 5.91 Å². The summed E-state index contributed by atoms with van der Waals surface area (Å²) in [5, 5.41) is 5.33. The van der Waals surface area contributed by atoms with Crippen molar-refractivity contribution in [1.29, 1.82) is 0 Å². The maximum Gasteiger partial charge on any atom is 0.223 e. The summed E-state index contributed by atoms with van der Waals surface area (Å²) in [6.45, 7) is 0. The molecule has 2 aliphatic rings. The lowest BCUT2D eigenvalue weighted by Gasteiger charge is -2.11. The molecule has 0 spiro atoms. The molecule has 4 rings (SSSR count). The SMILES string of the molecule is O=C(NC1CCS(=O)(=O)C1)C1CC1c1cccc2ccccc12. The Morgan fingerprint density at radius 1 is 1.09 bits per heavy atom. The first kappa shape index (κ1) is 14.7. The lowest BCUT2D eigenvalue weighted by molar-refractivity contribution is -0.122. The summed E-state index contributed by atoms with van der Waals surface area (Å²) in [4.78, 5) is 12.4. The minimum Gasteiger partial charge on any atom is -0.352 e. The molecule has 1 N–H and O–H groups in total. The Hall–Kier alpha value is -1.88. The molecule has 4 nitrogen and oxygen atoms in total. The van der Waals surface area contributed by atoms with E-state index in [1.807, 2.05) is 18.2 Å². The van der Waals surface area contributed by atoms with E-state index in [1.165, 1.54) is 16.3 Å². The van der Waals surface area contributed by atoms with Crippen molar-refractivity contribution in [2.45, 2.75) is 24.8 Å². The molecule has 2 fully saturated rings. The van der Waals surface area contributed by atoms with Gasteiger partial charge < -0.3 is 5.32 Å². The summed E-state index contributed by atoms with van der Waals surface area (Å²) in [5.74, 6) is 0.507. The van der Waals surface area contributed by atoms with Gasteiger partial charge in [0.1, 0.15) is 0 Å². The second kappa shape index (κ2) is 5.34. The Morgan fingerprint density at radius 3 is 2.65 bits per heavy atom. The molecule has 1 saturated carbocycles. The number of carbonyl (C=O) groups is 1. The number of benzene rings is 2. The van der Waals surface area contributed by atoms with E-state index in [0.29, 0.717) is 6.42 Å². The van der Waals surface area contributed by atoms with Crippen molar-refractivity contribution < 1.29 is 13.2 Å². The molecule has 0 bridgehead atoms. The molecule has 1 amide bonds. The molecule has 120 valence electrons. The molecule has 1 heterocycles. The van der Waals surface area contributed by atoms with Crippen LogP contribution >= 0.6 is 0 Å². The maximum absolute atomic E-state index is 12.4. The Kier molecular flexibility index (Phi) is 3.41. The second-order valence-corrected chi connectivity index (χ2v) is 8.85. The van der Waals surface area contributed by atoms with Crippen molar-refractivity contribution in [3.8, 4) is 0 Å². The number of hydrogen-bond acceptors (Lipinski definition) is 3. The standard InChI is InChI=1S/C18H19NO3S/c20-18(19-13-8-9-23(21,22)11-13)17-10-16(17)15-7-3-5-12-4-1-2-6-14(12)15/h1-7,13,16-17H,8-11H2,(H,19,20). The highest BCUT2D eigenvalue weighted by molar-refractivity contribution is 7.91. The molecule has 23 heavy (non-hydrogen) atoms. The minimum absolute atomic E-state index is 0.00466. The third-order valence-electron chi connectivity index (χ3n) is 4.93. The molecule has 3 atom stereocenters. The van der Waals surface area contributed by atoms with Crippen molar-refractivity contribution in [3.63, 3.8) is 0 Å². The third kappa shape index (κ3) is 2.85. The first-order valence-electron chi connectivity index (χ1n) is 8.02. The summed E-state index contributed by atoms with van der Waals surface area (Å²) in [6.07, 6.45) is 1.39. The highest BCUT2D eigenvalue weighted by atomic mass is 32.2. The van der Waals surface area contributed by atoms with Gasteiger partial charge in [-0.2, -0.15) is 0 Å². The molecule has 0 aromatic heterocycles. The highest BCUT2D eigenvalue weighted by Gasteiger charge is 2.45. The van der Waals surface area contributed by atoms with E-state index in [2.05, 4.69) is 29.6 Å². The van der Waals surface area contributed by atoms with Gasteiger partial charge in [0, 0.05) is 12.0 Å². The molecule has 1 saturated heterocycles. The lowest BCUT2D eigenvalue weighted by atomic mass is 10.00. The summed E-state index contributed by atoms with van der Waals surface area (Å²) in [6, 6.07) is 14.2. The van der Waals surface area contributed by atoms with Crippen LogP contribution in [0.15, 0.2) is 42.5 Å². The van der Waals surface area contributed by atoms with Crippen LogP contribution in [0.1, 0.15) is 24.3 Å². The van der Waals surface area contributed by atoms with Crippen LogP contribution in [0.25, 0.3) is 10.8 Å². The van der Waals surface area contributed by atoms with Crippen LogP contribution in [-0.2, 0) is 14.6 Å². The molecule has 2 aromatic rings. The van der Waals surface area contributed by atoms with E-state index in [9.17, 15) is 13.2 Å². The number of nitrogens with one attached hydrogen (secondary N) is 1. The third-order valence-corrected chi connectivity index (χ3v) is 6.70. The van der Waals surface area contributed by atoms with Gasteiger partial charge in [-0.3, -0.25) is 4.79 Å². The molecule has 0 radical (unpaired) electrons. The zero-order valence-corrected chi connectivity index (χ0v) is 13.6. The minimum atomic E-state index is -2.96. The highest BCUT2D eigenvalue weighted by Crippen LogP contribution is 2.49. The first-order chi connectivity index (χ1) is 11.0. The van der Waals surface area contributed by atoms with E-state index >= 15 is 0 Å². The van der Waals surface area contributed by atoms with Gasteiger partial charge in [-0.25, -0.2) is 8.42 Å². The van der Waals surface area contributed by atoms with Gasteiger partial charge in [0.15, 0.2) is 9.84 Å². The van der Waals surface area contributed by atoms with Crippen LogP contribution in [-0.4, -0.2) is 31.9 Å². The normalized spacial score (nSPS) is 28.6. The summed E-state index contributed by atoms with van der Waals surface area (Å²) in [5.41, 5.74) is 1.22. The predicted molar refractivity (Wildman–Crippen MR) is 90.0 cm³/mol. The molecule has 1 aliphatic carbocycles. The summed E-state index contributed by atoms with van der Waals surface area (Å²) >= 11 is 0. The predicted octanol–water partition coefficient (Wildman–Crippen LogP) is 2.25. The fourth-order valence-electron chi connectivity index (χ4n) is 3.62. The van der Waals surface area contributed by atoms with Gasteiger partial charge in [-0.15, -0.1) is 0 Å². The summed E-state index contributed by atoms with van der Waals surface area (Å²) in [7, 11) is -2.96. The van der Waals surface area contributed by atoms with Crippen LogP contribution in [0.4, 0.5) is 0 Å². The van der Waals surface area contributed by atoms with Gasteiger partial charge in [-0.1, -0.05) is 42.5 Å². The van der Waals surface area contributed by atoms with Gasteiger partial charge in [-0.05, 0) is 35.1 Å². The average molecular weight is 329 g/mol. The number of sulfone groups is 1. The van der Waals surface area contributed by atoms with Crippen LogP contribution in [0.2, 0.25) is 0 Å². The van der Waals surface area contributed by atoms with E-state index in [4.69, 9.17) is 0 Å². The lowest BCUT2D eigenvalue weighted by Crippen LogP contribution is -2.36. The fourth-order valence-corrected chi connectivity index (χ4v) is 5.29. The van der Waals surface area contributed by atoms with Crippen molar-refractivity contribution in [3.05, 3.63) is 48.0 Å². The quantitative estimate of drug-likeness (QED) is 0.939. The van der Waals surface area contributed by atoms with Gasteiger partial charge >= 0.3 is 0 Å².